The van der Waals surface area contributed by atoms with E-state index in [4.69, 9.17) is 14.9 Å². The minimum Gasteiger partial charge on any atom is -0.457 e. The Morgan fingerprint density at radius 1 is 1.03 bits per heavy atom. The van der Waals surface area contributed by atoms with E-state index in [2.05, 4.69) is 4.98 Å². The third-order valence-electron chi connectivity index (χ3n) is 5.33. The number of hydrogen-bond acceptors (Lipinski definition) is 7. The standard InChI is InChI=1S/C23H26N2O5.ClH/c24-23(13-26,14-27)11-21(28)16-5-9-19(10-6-16)30-18-7-3-15(4-8-18)20-12-29-22(25-20)17-1-2-17;/h3-10,12,17,21,26-28H,1-2,11,13-14,24H2;1H. The summed E-state index contributed by atoms with van der Waals surface area (Å²) in [5.41, 5.74) is 7.04. The van der Waals surface area contributed by atoms with E-state index < -0.39 is 24.9 Å². The van der Waals surface area contributed by atoms with Crippen LogP contribution in [0.2, 0.25) is 0 Å². The predicted octanol–water partition coefficient (Wildman–Crippen LogP) is 3.54. The second-order valence-electron chi connectivity index (χ2n) is 7.94. The monoisotopic (exact) mass is 446 g/mol. The van der Waals surface area contributed by atoms with Crippen molar-refractivity contribution in [1.29, 1.82) is 0 Å². The van der Waals surface area contributed by atoms with Crippen LogP contribution in [0.15, 0.2) is 59.2 Å². The molecule has 8 heteroatoms. The molecule has 3 aromatic rings. The van der Waals surface area contributed by atoms with Crippen molar-refractivity contribution in [2.24, 2.45) is 5.73 Å². The summed E-state index contributed by atoms with van der Waals surface area (Å²) in [4.78, 5) is 4.55. The number of benzene rings is 2. The second-order valence-corrected chi connectivity index (χ2v) is 7.94. The van der Waals surface area contributed by atoms with Gasteiger partial charge >= 0.3 is 0 Å². The predicted molar refractivity (Wildman–Crippen MR) is 118 cm³/mol. The van der Waals surface area contributed by atoms with Crippen LogP contribution < -0.4 is 10.5 Å². The van der Waals surface area contributed by atoms with Crippen molar-refractivity contribution in [2.45, 2.75) is 36.8 Å². The number of aliphatic hydroxyl groups is 3. The maximum atomic E-state index is 10.3. The number of rotatable bonds is 9. The Balaban J connectivity index is 0.00000272. The molecule has 0 amide bonds. The molecule has 1 saturated carbocycles. The SMILES string of the molecule is Cl.NC(CO)(CO)CC(O)c1ccc(Oc2ccc(-c3coc(C4CC4)n3)cc2)cc1. The van der Waals surface area contributed by atoms with Crippen LogP contribution in [-0.2, 0) is 0 Å². The molecule has 7 nitrogen and oxygen atoms in total. The zero-order valence-corrected chi connectivity index (χ0v) is 17.8. The van der Waals surface area contributed by atoms with E-state index >= 15 is 0 Å². The molecule has 166 valence electrons. The van der Waals surface area contributed by atoms with Crippen molar-refractivity contribution in [1.82, 2.24) is 4.98 Å². The van der Waals surface area contributed by atoms with Crippen LogP contribution in [0, 0.1) is 0 Å². The Morgan fingerprint density at radius 2 is 1.61 bits per heavy atom. The molecule has 4 rings (SSSR count). The molecule has 1 aliphatic carbocycles. The van der Waals surface area contributed by atoms with Gasteiger partial charge in [-0.1, -0.05) is 12.1 Å². The highest BCUT2D eigenvalue weighted by Gasteiger charge is 2.29. The Bertz CT molecular complexity index is 966. The molecule has 0 bridgehead atoms. The molecule has 1 atom stereocenters. The fourth-order valence-corrected chi connectivity index (χ4v) is 3.21. The number of aliphatic hydroxyl groups excluding tert-OH is 3. The molecule has 0 spiro atoms. The summed E-state index contributed by atoms with van der Waals surface area (Å²) in [5.74, 6) is 2.60. The minimum atomic E-state index is -1.22. The number of hydrogen-bond donors (Lipinski definition) is 4. The largest absolute Gasteiger partial charge is 0.457 e. The highest BCUT2D eigenvalue weighted by Crippen LogP contribution is 2.40. The van der Waals surface area contributed by atoms with Gasteiger partial charge in [0.1, 0.15) is 23.5 Å². The van der Waals surface area contributed by atoms with Gasteiger partial charge in [0.2, 0.25) is 0 Å². The lowest BCUT2D eigenvalue weighted by molar-refractivity contribution is 0.0618. The van der Waals surface area contributed by atoms with Crippen LogP contribution in [0.4, 0.5) is 0 Å². The molecule has 0 saturated heterocycles. The number of aromatic nitrogens is 1. The van der Waals surface area contributed by atoms with Gasteiger partial charge in [0, 0.05) is 11.5 Å². The molecule has 5 N–H and O–H groups in total. The molecule has 1 unspecified atom stereocenters. The van der Waals surface area contributed by atoms with Crippen LogP contribution >= 0.6 is 12.4 Å². The van der Waals surface area contributed by atoms with Gasteiger partial charge < -0.3 is 30.2 Å². The first-order valence-corrected chi connectivity index (χ1v) is 10.0. The molecule has 1 heterocycles. The zero-order chi connectivity index (χ0) is 21.1. The van der Waals surface area contributed by atoms with E-state index in [-0.39, 0.29) is 18.8 Å². The number of halogens is 1. The fraction of sp³-hybridized carbons (Fsp3) is 0.348. The van der Waals surface area contributed by atoms with Crippen molar-refractivity contribution in [3.8, 4) is 22.8 Å². The van der Waals surface area contributed by atoms with Gasteiger partial charge in [-0.25, -0.2) is 4.98 Å². The van der Waals surface area contributed by atoms with Crippen molar-refractivity contribution >= 4 is 12.4 Å². The van der Waals surface area contributed by atoms with Gasteiger partial charge in [-0.3, -0.25) is 0 Å². The Kier molecular flexibility index (Phi) is 7.35. The van der Waals surface area contributed by atoms with Crippen LogP contribution in [-0.4, -0.2) is 39.1 Å². The molecule has 0 aliphatic heterocycles. The minimum absolute atomic E-state index is 0. The Hall–Kier alpha value is -2.42. The molecule has 1 aromatic heterocycles. The lowest BCUT2D eigenvalue weighted by Gasteiger charge is -2.27. The van der Waals surface area contributed by atoms with E-state index in [9.17, 15) is 15.3 Å². The average Bonchev–Trinajstić information content (AvgIpc) is 3.51. The topological polar surface area (TPSA) is 122 Å². The van der Waals surface area contributed by atoms with Crippen molar-refractivity contribution in [3.05, 3.63) is 66.2 Å². The highest BCUT2D eigenvalue weighted by molar-refractivity contribution is 5.85. The fourth-order valence-electron chi connectivity index (χ4n) is 3.21. The maximum absolute atomic E-state index is 10.3. The van der Waals surface area contributed by atoms with E-state index in [0.29, 0.717) is 23.0 Å². The summed E-state index contributed by atoms with van der Waals surface area (Å²) in [6, 6.07) is 14.6. The summed E-state index contributed by atoms with van der Waals surface area (Å²) < 4.78 is 11.4. The van der Waals surface area contributed by atoms with E-state index in [0.717, 1.165) is 30.0 Å². The average molecular weight is 447 g/mol. The quantitative estimate of drug-likeness (QED) is 0.396. The number of nitrogens with zero attached hydrogens (tertiary/aromatic N) is 1. The third-order valence-corrected chi connectivity index (χ3v) is 5.33. The highest BCUT2D eigenvalue weighted by atomic mass is 35.5. The summed E-state index contributed by atoms with van der Waals surface area (Å²) in [6.45, 7) is -0.817. The normalized spacial score (nSPS) is 14.7. The first-order valence-electron chi connectivity index (χ1n) is 10.0. The van der Waals surface area contributed by atoms with E-state index in [1.54, 1.807) is 30.5 Å². The molecular weight excluding hydrogens is 420 g/mol. The summed E-state index contributed by atoms with van der Waals surface area (Å²) in [7, 11) is 0. The lowest BCUT2D eigenvalue weighted by atomic mass is 9.92. The van der Waals surface area contributed by atoms with Crippen LogP contribution in [0.1, 0.15) is 42.7 Å². The Morgan fingerprint density at radius 3 is 2.16 bits per heavy atom. The first-order chi connectivity index (χ1) is 14.5. The molecule has 1 aliphatic rings. The van der Waals surface area contributed by atoms with Crippen molar-refractivity contribution < 1.29 is 24.5 Å². The van der Waals surface area contributed by atoms with Gasteiger partial charge in [-0.15, -0.1) is 12.4 Å². The van der Waals surface area contributed by atoms with Crippen molar-refractivity contribution in [2.75, 3.05) is 13.2 Å². The number of ether oxygens (including phenoxy) is 1. The van der Waals surface area contributed by atoms with Gasteiger partial charge in [0.25, 0.3) is 0 Å². The molecular formula is C23H27ClN2O5. The first kappa shape index (κ1) is 23.2. The van der Waals surface area contributed by atoms with E-state index in [1.165, 1.54) is 0 Å². The number of nitrogens with two attached hydrogens (primary N) is 1. The van der Waals surface area contributed by atoms with E-state index in [1.807, 2.05) is 24.3 Å². The summed E-state index contributed by atoms with van der Waals surface area (Å²) in [6.07, 6.45) is 3.14. The smallest absolute Gasteiger partial charge is 0.197 e. The summed E-state index contributed by atoms with van der Waals surface area (Å²) >= 11 is 0. The summed E-state index contributed by atoms with van der Waals surface area (Å²) in [5, 5.41) is 28.9. The second kappa shape index (κ2) is 9.80. The van der Waals surface area contributed by atoms with Crippen LogP contribution in [0.5, 0.6) is 11.5 Å². The van der Waals surface area contributed by atoms with Crippen molar-refractivity contribution in [3.63, 3.8) is 0 Å². The van der Waals surface area contributed by atoms with Gasteiger partial charge in [-0.05, 0) is 61.2 Å². The van der Waals surface area contributed by atoms with Gasteiger partial charge in [-0.2, -0.15) is 0 Å². The zero-order valence-electron chi connectivity index (χ0n) is 17.0. The molecule has 31 heavy (non-hydrogen) atoms. The van der Waals surface area contributed by atoms with Gasteiger partial charge in [0.15, 0.2) is 5.89 Å². The maximum Gasteiger partial charge on any atom is 0.197 e. The van der Waals surface area contributed by atoms with Gasteiger partial charge in [0.05, 0.1) is 24.9 Å². The molecule has 2 aromatic carbocycles. The number of oxazole rings is 1. The van der Waals surface area contributed by atoms with Crippen LogP contribution in [0.3, 0.4) is 0 Å². The Labute approximate surface area is 186 Å². The lowest BCUT2D eigenvalue weighted by Crippen LogP contribution is -2.48. The molecule has 0 radical (unpaired) electrons. The van der Waals surface area contributed by atoms with Crippen LogP contribution in [0.25, 0.3) is 11.3 Å². The molecule has 1 fully saturated rings. The third kappa shape index (κ3) is 5.64.